The predicted molar refractivity (Wildman–Crippen MR) is 37.1 cm³/mol. The number of hydrogen-bond acceptors (Lipinski definition) is 4. The molecule has 0 atom stereocenters. The summed E-state index contributed by atoms with van der Waals surface area (Å²) in [6, 6.07) is 0. The summed E-state index contributed by atoms with van der Waals surface area (Å²) in [6.45, 7) is 0.716. The van der Waals surface area contributed by atoms with Crippen molar-refractivity contribution in [3.63, 3.8) is 0 Å². The van der Waals surface area contributed by atoms with Crippen LogP contribution in [0, 0.1) is 0 Å². The molecule has 0 aliphatic heterocycles. The van der Waals surface area contributed by atoms with Crippen LogP contribution in [0.3, 0.4) is 0 Å². The van der Waals surface area contributed by atoms with Gasteiger partial charge in [0.2, 0.25) is 0 Å². The van der Waals surface area contributed by atoms with Crippen molar-refractivity contribution in [3.8, 4) is 0 Å². The van der Waals surface area contributed by atoms with E-state index < -0.39 is 0 Å². The Morgan fingerprint density at radius 3 is 3.09 bits per heavy atom. The summed E-state index contributed by atoms with van der Waals surface area (Å²) in [6.07, 6.45) is 2.81. The van der Waals surface area contributed by atoms with Crippen molar-refractivity contribution in [2.45, 2.75) is 13.0 Å². The number of aromatic nitrogens is 3. The van der Waals surface area contributed by atoms with E-state index in [-0.39, 0.29) is 6.61 Å². The van der Waals surface area contributed by atoms with Gasteiger partial charge in [0, 0.05) is 13.2 Å². The maximum Gasteiger partial charge on any atom is 0.171 e. The second-order valence-electron chi connectivity index (χ2n) is 2.10. The molecule has 1 heterocycles. The Morgan fingerprint density at radius 2 is 2.55 bits per heavy atom. The minimum atomic E-state index is 0.121. The average Bonchev–Trinajstić information content (AvgIpc) is 2.48. The van der Waals surface area contributed by atoms with Gasteiger partial charge in [0.25, 0.3) is 0 Å². The molecule has 1 aromatic heterocycles. The van der Waals surface area contributed by atoms with E-state index in [0.717, 1.165) is 0 Å². The summed E-state index contributed by atoms with van der Waals surface area (Å²) in [4.78, 5) is 10.1. The van der Waals surface area contributed by atoms with Crippen LogP contribution >= 0.6 is 0 Å². The van der Waals surface area contributed by atoms with E-state index in [9.17, 15) is 4.79 Å². The molecule has 0 aromatic carbocycles. The van der Waals surface area contributed by atoms with Crippen molar-refractivity contribution in [1.29, 1.82) is 0 Å². The maximum absolute atomic E-state index is 10.1. The fraction of sp³-hybridized carbons (Fsp3) is 0.500. The van der Waals surface area contributed by atoms with E-state index in [0.29, 0.717) is 24.9 Å². The van der Waals surface area contributed by atoms with Gasteiger partial charge >= 0.3 is 0 Å². The molecule has 11 heavy (non-hydrogen) atoms. The van der Waals surface area contributed by atoms with E-state index in [2.05, 4.69) is 10.3 Å². The van der Waals surface area contributed by atoms with E-state index in [4.69, 9.17) is 5.11 Å². The lowest BCUT2D eigenvalue weighted by Crippen LogP contribution is -2.00. The lowest BCUT2D eigenvalue weighted by molar-refractivity contribution is 0.111. The lowest BCUT2D eigenvalue weighted by atomic mass is 10.4. The van der Waals surface area contributed by atoms with E-state index in [1.807, 2.05) is 0 Å². The topological polar surface area (TPSA) is 68.0 Å². The quantitative estimate of drug-likeness (QED) is 0.593. The van der Waals surface area contributed by atoms with Crippen LogP contribution in [0.4, 0.5) is 0 Å². The van der Waals surface area contributed by atoms with Gasteiger partial charge in [-0.05, 0) is 6.42 Å². The summed E-state index contributed by atoms with van der Waals surface area (Å²) in [7, 11) is 0. The molecule has 0 fully saturated rings. The zero-order chi connectivity index (χ0) is 8.10. The number of hydrogen-bond donors (Lipinski definition) is 1. The predicted octanol–water partition coefficient (Wildman–Crippen LogP) is -0.527. The molecular weight excluding hydrogens is 146 g/mol. The summed E-state index contributed by atoms with van der Waals surface area (Å²) < 4.78 is 1.53. The largest absolute Gasteiger partial charge is 0.396 e. The average molecular weight is 155 g/mol. The third kappa shape index (κ3) is 2.12. The molecule has 0 saturated heterocycles. The summed E-state index contributed by atoms with van der Waals surface area (Å²) >= 11 is 0. The second kappa shape index (κ2) is 3.82. The Bertz CT molecular complexity index is 233. The monoisotopic (exact) mass is 155 g/mol. The molecule has 0 saturated carbocycles. The fourth-order valence-corrected chi connectivity index (χ4v) is 0.709. The van der Waals surface area contributed by atoms with Crippen molar-refractivity contribution in [1.82, 2.24) is 15.0 Å². The number of aliphatic hydroxyl groups excluding tert-OH is 1. The van der Waals surface area contributed by atoms with Crippen LogP contribution in [-0.4, -0.2) is 33.0 Å². The highest BCUT2D eigenvalue weighted by molar-refractivity contribution is 5.70. The minimum Gasteiger partial charge on any atom is -0.396 e. The summed E-state index contributed by atoms with van der Waals surface area (Å²) in [5.41, 5.74) is 0.322. The van der Waals surface area contributed by atoms with Gasteiger partial charge in [-0.3, -0.25) is 9.48 Å². The first-order valence-electron chi connectivity index (χ1n) is 3.33. The normalized spacial score (nSPS) is 9.91. The SMILES string of the molecule is O=Cc1cn(CCCO)nn1. The van der Waals surface area contributed by atoms with Crippen LogP contribution in [0.25, 0.3) is 0 Å². The molecule has 0 unspecified atom stereocenters. The molecule has 0 bridgehead atoms. The fourth-order valence-electron chi connectivity index (χ4n) is 0.709. The molecule has 1 aromatic rings. The first-order valence-corrected chi connectivity index (χ1v) is 3.33. The number of aldehydes is 1. The molecule has 60 valence electrons. The van der Waals surface area contributed by atoms with Crippen molar-refractivity contribution < 1.29 is 9.90 Å². The van der Waals surface area contributed by atoms with Gasteiger partial charge in [0.15, 0.2) is 6.29 Å². The zero-order valence-corrected chi connectivity index (χ0v) is 5.97. The smallest absolute Gasteiger partial charge is 0.171 e. The van der Waals surface area contributed by atoms with E-state index in [1.165, 1.54) is 4.68 Å². The number of carbonyl (C=O) groups excluding carboxylic acids is 1. The van der Waals surface area contributed by atoms with Crippen LogP contribution in [0.15, 0.2) is 6.20 Å². The van der Waals surface area contributed by atoms with Gasteiger partial charge in [-0.15, -0.1) is 5.10 Å². The molecule has 0 radical (unpaired) electrons. The van der Waals surface area contributed by atoms with Crippen LogP contribution in [0.2, 0.25) is 0 Å². The van der Waals surface area contributed by atoms with Crippen LogP contribution in [0.5, 0.6) is 0 Å². The molecule has 5 nitrogen and oxygen atoms in total. The number of aliphatic hydroxyl groups is 1. The molecule has 5 heteroatoms. The molecular formula is C6H9N3O2. The molecule has 0 spiro atoms. The lowest BCUT2D eigenvalue weighted by Gasteiger charge is -1.94. The number of carbonyl (C=O) groups is 1. The molecule has 0 amide bonds. The first-order chi connectivity index (χ1) is 5.36. The number of rotatable bonds is 4. The molecule has 0 aliphatic carbocycles. The molecule has 1 N–H and O–H groups in total. The Kier molecular flexibility index (Phi) is 2.74. The third-order valence-corrected chi connectivity index (χ3v) is 1.22. The van der Waals surface area contributed by atoms with E-state index in [1.54, 1.807) is 6.20 Å². The minimum absolute atomic E-state index is 0.121. The van der Waals surface area contributed by atoms with Gasteiger partial charge in [-0.2, -0.15) is 0 Å². The van der Waals surface area contributed by atoms with Gasteiger partial charge in [-0.1, -0.05) is 5.21 Å². The second-order valence-corrected chi connectivity index (χ2v) is 2.10. The first kappa shape index (κ1) is 7.87. The Hall–Kier alpha value is -1.23. The Labute approximate surface area is 63.6 Å². The van der Waals surface area contributed by atoms with Crippen molar-refractivity contribution in [3.05, 3.63) is 11.9 Å². The highest BCUT2D eigenvalue weighted by Crippen LogP contribution is 1.90. The van der Waals surface area contributed by atoms with Crippen molar-refractivity contribution in [2.24, 2.45) is 0 Å². The molecule has 1 rings (SSSR count). The third-order valence-electron chi connectivity index (χ3n) is 1.22. The molecule has 0 aliphatic rings. The van der Waals surface area contributed by atoms with Gasteiger partial charge in [0.1, 0.15) is 5.69 Å². The van der Waals surface area contributed by atoms with Gasteiger partial charge < -0.3 is 5.11 Å². The van der Waals surface area contributed by atoms with Crippen molar-refractivity contribution >= 4 is 6.29 Å². The maximum atomic E-state index is 10.1. The number of aryl methyl sites for hydroxylation is 1. The van der Waals surface area contributed by atoms with Crippen LogP contribution in [0.1, 0.15) is 16.9 Å². The Balaban J connectivity index is 2.51. The summed E-state index contributed by atoms with van der Waals surface area (Å²) in [5.74, 6) is 0. The standard InChI is InChI=1S/C6H9N3O2/c10-3-1-2-9-4-6(5-11)7-8-9/h4-5,10H,1-3H2. The zero-order valence-electron chi connectivity index (χ0n) is 5.97. The highest BCUT2D eigenvalue weighted by atomic mass is 16.3. The number of nitrogens with zero attached hydrogens (tertiary/aromatic N) is 3. The van der Waals surface area contributed by atoms with Gasteiger partial charge in [0.05, 0.1) is 6.20 Å². The Morgan fingerprint density at radius 1 is 1.73 bits per heavy atom. The highest BCUT2D eigenvalue weighted by Gasteiger charge is 1.96. The van der Waals surface area contributed by atoms with Crippen LogP contribution in [-0.2, 0) is 6.54 Å². The van der Waals surface area contributed by atoms with Gasteiger partial charge in [-0.25, -0.2) is 0 Å². The van der Waals surface area contributed by atoms with E-state index >= 15 is 0 Å². The summed E-state index contributed by atoms with van der Waals surface area (Å²) in [5, 5.41) is 15.7. The van der Waals surface area contributed by atoms with Crippen LogP contribution < -0.4 is 0 Å². The van der Waals surface area contributed by atoms with Crippen molar-refractivity contribution in [2.75, 3.05) is 6.61 Å².